The van der Waals surface area contributed by atoms with Crippen molar-refractivity contribution in [2.24, 2.45) is 0 Å². The van der Waals surface area contributed by atoms with Crippen LogP contribution in [0.4, 0.5) is 5.69 Å². The number of hydrogen-bond acceptors (Lipinski definition) is 6. The normalized spacial score (nSPS) is 16.8. The van der Waals surface area contributed by atoms with Gasteiger partial charge in [0.2, 0.25) is 0 Å². The van der Waals surface area contributed by atoms with E-state index >= 15 is 0 Å². The molecule has 0 unspecified atom stereocenters. The van der Waals surface area contributed by atoms with Crippen molar-refractivity contribution < 1.29 is 28.9 Å². The third kappa shape index (κ3) is 4.22. The molecule has 0 spiro atoms. The summed E-state index contributed by atoms with van der Waals surface area (Å²) >= 11 is 0. The van der Waals surface area contributed by atoms with Gasteiger partial charge in [-0.3, -0.25) is 9.59 Å². The summed E-state index contributed by atoms with van der Waals surface area (Å²) in [6.45, 7) is 2.61. The Morgan fingerprint density at radius 1 is 0.971 bits per heavy atom. The fourth-order valence-corrected chi connectivity index (χ4v) is 4.23. The molecule has 1 amide bonds. The highest BCUT2D eigenvalue weighted by molar-refractivity contribution is 6.10. The molecule has 3 aromatic rings. The molecule has 3 aromatic carbocycles. The molecule has 4 rings (SSSR count). The highest BCUT2D eigenvalue weighted by Gasteiger charge is 2.50. The number of hydrogen-bond donors (Lipinski definition) is 1. The average molecular weight is 462 g/mol. The zero-order valence-electron chi connectivity index (χ0n) is 19.4. The lowest BCUT2D eigenvalue weighted by Gasteiger charge is -2.23. The number of Topliss-reactive ketones (excluding diaryl/α,β-unsaturated/α-hetero) is 1. The molecule has 1 aliphatic heterocycles. The van der Waals surface area contributed by atoms with Crippen LogP contribution in [0, 0.1) is 0 Å². The van der Waals surface area contributed by atoms with Gasteiger partial charge in [0.1, 0.15) is 5.75 Å². The van der Waals surface area contributed by atoms with Crippen LogP contribution in [-0.2, 0) is 16.9 Å². The lowest BCUT2D eigenvalue weighted by Crippen LogP contribution is -2.41. The van der Waals surface area contributed by atoms with Crippen LogP contribution in [0.5, 0.6) is 17.2 Å². The van der Waals surface area contributed by atoms with Gasteiger partial charge in [0.25, 0.3) is 5.91 Å². The van der Waals surface area contributed by atoms with Crippen molar-refractivity contribution in [3.05, 3.63) is 83.4 Å². The molecule has 7 nitrogen and oxygen atoms in total. The predicted molar refractivity (Wildman–Crippen MR) is 128 cm³/mol. The van der Waals surface area contributed by atoms with Crippen LogP contribution in [0.2, 0.25) is 0 Å². The Morgan fingerprint density at radius 2 is 1.68 bits per heavy atom. The molecule has 1 atom stereocenters. The van der Waals surface area contributed by atoms with Crippen molar-refractivity contribution >= 4 is 17.4 Å². The van der Waals surface area contributed by atoms with E-state index in [-0.39, 0.29) is 18.7 Å². The van der Waals surface area contributed by atoms with E-state index in [9.17, 15) is 14.7 Å². The van der Waals surface area contributed by atoms with Gasteiger partial charge in [-0.05, 0) is 55.0 Å². The summed E-state index contributed by atoms with van der Waals surface area (Å²) in [5, 5.41) is 11.5. The number of carbonyl (C=O) groups excluding carboxylic acids is 2. The standard InChI is InChI=1S/C27H27NO6/c1-4-34-20-12-10-19(11-13-20)23(29)16-27(31)21-7-5-6-8-22(21)28(26(27)30)17-18-9-14-24(32-2)25(15-18)33-3/h5-15,31H,4,16-17H2,1-3H3/t27-/m0/s1. The fraction of sp³-hybridized carbons (Fsp3) is 0.259. The number of aliphatic hydroxyl groups is 1. The smallest absolute Gasteiger partial charge is 0.264 e. The minimum Gasteiger partial charge on any atom is -0.494 e. The van der Waals surface area contributed by atoms with Gasteiger partial charge >= 0.3 is 0 Å². The molecule has 0 saturated carbocycles. The van der Waals surface area contributed by atoms with Gasteiger partial charge in [0, 0.05) is 11.1 Å². The number of rotatable bonds is 9. The van der Waals surface area contributed by atoms with E-state index in [4.69, 9.17) is 14.2 Å². The Labute approximate surface area is 198 Å². The zero-order chi connectivity index (χ0) is 24.3. The number of ether oxygens (including phenoxy) is 3. The van der Waals surface area contributed by atoms with Crippen LogP contribution < -0.4 is 19.1 Å². The molecular weight excluding hydrogens is 434 g/mol. The monoisotopic (exact) mass is 461 g/mol. The third-order valence-electron chi connectivity index (χ3n) is 5.93. The van der Waals surface area contributed by atoms with E-state index in [1.54, 1.807) is 74.9 Å². The first kappa shape index (κ1) is 23.3. The minimum atomic E-state index is -1.96. The van der Waals surface area contributed by atoms with Gasteiger partial charge < -0.3 is 24.2 Å². The Kier molecular flexibility index (Phi) is 6.56. The zero-order valence-corrected chi connectivity index (χ0v) is 19.4. The lowest BCUT2D eigenvalue weighted by molar-refractivity contribution is -0.136. The van der Waals surface area contributed by atoms with E-state index < -0.39 is 11.5 Å². The number of nitrogens with zero attached hydrogens (tertiary/aromatic N) is 1. The molecule has 1 N–H and O–H groups in total. The van der Waals surface area contributed by atoms with Crippen molar-refractivity contribution in [2.75, 3.05) is 25.7 Å². The van der Waals surface area contributed by atoms with Crippen molar-refractivity contribution in [1.82, 2.24) is 0 Å². The lowest BCUT2D eigenvalue weighted by atomic mass is 9.88. The molecule has 176 valence electrons. The number of anilines is 1. The molecule has 1 aliphatic rings. The number of carbonyl (C=O) groups is 2. The summed E-state index contributed by atoms with van der Waals surface area (Å²) in [5.74, 6) is 0.906. The van der Waals surface area contributed by atoms with E-state index in [1.165, 1.54) is 4.90 Å². The van der Waals surface area contributed by atoms with Crippen LogP contribution in [0.1, 0.15) is 34.8 Å². The van der Waals surface area contributed by atoms with Crippen LogP contribution in [0.25, 0.3) is 0 Å². The molecule has 34 heavy (non-hydrogen) atoms. The fourth-order valence-electron chi connectivity index (χ4n) is 4.23. The van der Waals surface area contributed by atoms with E-state index in [1.807, 2.05) is 13.0 Å². The van der Waals surface area contributed by atoms with Gasteiger partial charge in [-0.1, -0.05) is 24.3 Å². The molecule has 0 radical (unpaired) electrons. The molecule has 7 heteroatoms. The van der Waals surface area contributed by atoms with Gasteiger partial charge in [0.05, 0.1) is 39.5 Å². The number of para-hydroxylation sites is 1. The largest absolute Gasteiger partial charge is 0.494 e. The third-order valence-corrected chi connectivity index (χ3v) is 5.93. The highest BCUT2D eigenvalue weighted by Crippen LogP contribution is 2.44. The Bertz CT molecular complexity index is 1210. The van der Waals surface area contributed by atoms with Crippen LogP contribution >= 0.6 is 0 Å². The predicted octanol–water partition coefficient (Wildman–Crippen LogP) is 4.11. The Hall–Kier alpha value is -3.84. The Morgan fingerprint density at radius 3 is 2.35 bits per heavy atom. The number of methoxy groups -OCH3 is 2. The molecule has 0 saturated heterocycles. The second-order valence-corrected chi connectivity index (χ2v) is 8.02. The number of fused-ring (bicyclic) bond motifs is 1. The van der Waals surface area contributed by atoms with Crippen molar-refractivity contribution in [2.45, 2.75) is 25.5 Å². The molecule has 0 fully saturated rings. The van der Waals surface area contributed by atoms with Crippen molar-refractivity contribution in [1.29, 1.82) is 0 Å². The highest BCUT2D eigenvalue weighted by atomic mass is 16.5. The Balaban J connectivity index is 1.62. The summed E-state index contributed by atoms with van der Waals surface area (Å²) in [7, 11) is 3.10. The summed E-state index contributed by atoms with van der Waals surface area (Å²) in [6.07, 6.45) is -0.362. The first-order valence-electron chi connectivity index (χ1n) is 11.0. The van der Waals surface area contributed by atoms with Crippen LogP contribution in [-0.4, -0.2) is 37.6 Å². The van der Waals surface area contributed by atoms with Gasteiger partial charge in [-0.2, -0.15) is 0 Å². The van der Waals surface area contributed by atoms with Gasteiger partial charge in [-0.25, -0.2) is 0 Å². The van der Waals surface area contributed by atoms with Crippen LogP contribution in [0.15, 0.2) is 66.7 Å². The maximum absolute atomic E-state index is 13.5. The second kappa shape index (κ2) is 9.57. The number of benzene rings is 3. The summed E-state index contributed by atoms with van der Waals surface area (Å²) in [5.41, 5.74) is 0.232. The minimum absolute atomic E-state index is 0.204. The van der Waals surface area contributed by atoms with Crippen molar-refractivity contribution in [3.8, 4) is 17.2 Å². The SMILES string of the molecule is CCOc1ccc(C(=O)C[C@@]2(O)C(=O)N(Cc3ccc(OC)c(OC)c3)c3ccccc32)cc1. The quantitative estimate of drug-likeness (QED) is 0.483. The molecule has 0 aliphatic carbocycles. The summed E-state index contributed by atoms with van der Waals surface area (Å²) < 4.78 is 16.1. The average Bonchev–Trinajstić information content (AvgIpc) is 3.06. The van der Waals surface area contributed by atoms with Crippen molar-refractivity contribution in [3.63, 3.8) is 0 Å². The summed E-state index contributed by atoms with van der Waals surface area (Å²) in [4.78, 5) is 28.1. The molecule has 1 heterocycles. The molecular formula is C27H27NO6. The number of amides is 1. The molecule has 0 bridgehead atoms. The van der Waals surface area contributed by atoms with E-state index in [0.717, 1.165) is 5.56 Å². The maximum Gasteiger partial charge on any atom is 0.264 e. The van der Waals surface area contributed by atoms with Gasteiger partial charge in [-0.15, -0.1) is 0 Å². The topological polar surface area (TPSA) is 85.3 Å². The molecule has 0 aromatic heterocycles. The first-order chi connectivity index (χ1) is 16.4. The number of ketones is 1. The van der Waals surface area contributed by atoms with E-state index in [2.05, 4.69) is 0 Å². The van der Waals surface area contributed by atoms with E-state index in [0.29, 0.717) is 40.7 Å². The maximum atomic E-state index is 13.5. The second-order valence-electron chi connectivity index (χ2n) is 8.02. The van der Waals surface area contributed by atoms with Crippen LogP contribution in [0.3, 0.4) is 0 Å². The summed E-state index contributed by atoms with van der Waals surface area (Å²) in [6, 6.07) is 19.1. The first-order valence-corrected chi connectivity index (χ1v) is 11.0. The van der Waals surface area contributed by atoms with Gasteiger partial charge in [0.15, 0.2) is 22.9 Å².